The van der Waals surface area contributed by atoms with Gasteiger partial charge in [0.15, 0.2) is 5.78 Å². The molecule has 1 aliphatic rings. The quantitative estimate of drug-likeness (QED) is 0.478. The van der Waals surface area contributed by atoms with Crippen molar-refractivity contribution in [1.82, 2.24) is 10.6 Å². The standard InChI is InChI=1S/C19H27FN2O6/c1-4-13(19(27)22-14(9-18(25)26)15(23)10-20)21-17(24)8-12-7-11(2)5-6-16(12)28-3/h5,7,13-14,16H,4,6,8-10H2,1-3H3,(H,21,24)(H,22,27)(H,25,26). The third kappa shape index (κ3) is 7.22. The minimum absolute atomic E-state index is 0.0371. The molecule has 0 spiro atoms. The van der Waals surface area contributed by atoms with Crippen LogP contribution in [0.5, 0.6) is 0 Å². The number of halogens is 1. The first-order valence-corrected chi connectivity index (χ1v) is 9.02. The van der Waals surface area contributed by atoms with Crippen LogP contribution >= 0.6 is 0 Å². The van der Waals surface area contributed by atoms with Gasteiger partial charge in [-0.25, -0.2) is 4.39 Å². The normalized spacial score (nSPS) is 18.4. The fraction of sp³-hybridized carbons (Fsp3) is 0.579. The van der Waals surface area contributed by atoms with E-state index < -0.39 is 48.7 Å². The highest BCUT2D eigenvalue weighted by atomic mass is 19.1. The number of hydrogen-bond donors (Lipinski definition) is 3. The number of aliphatic carboxylic acids is 1. The van der Waals surface area contributed by atoms with Gasteiger partial charge in [0, 0.05) is 7.11 Å². The van der Waals surface area contributed by atoms with Gasteiger partial charge in [0.25, 0.3) is 0 Å². The Morgan fingerprint density at radius 2 is 1.96 bits per heavy atom. The lowest BCUT2D eigenvalue weighted by molar-refractivity contribution is -0.140. The molecule has 0 aromatic rings. The van der Waals surface area contributed by atoms with Gasteiger partial charge in [-0.2, -0.15) is 0 Å². The summed E-state index contributed by atoms with van der Waals surface area (Å²) in [6.45, 7) is 2.18. The maximum Gasteiger partial charge on any atom is 0.305 e. The maximum atomic E-state index is 12.6. The fourth-order valence-electron chi connectivity index (χ4n) is 2.87. The molecule has 0 aromatic carbocycles. The molecule has 0 radical (unpaired) electrons. The van der Waals surface area contributed by atoms with E-state index in [0.717, 1.165) is 11.1 Å². The molecule has 0 saturated carbocycles. The van der Waals surface area contributed by atoms with Crippen LogP contribution in [0.1, 0.15) is 39.5 Å². The second kappa shape index (κ2) is 11.3. The molecular formula is C19H27FN2O6. The molecule has 2 amide bonds. The largest absolute Gasteiger partial charge is 0.481 e. The summed E-state index contributed by atoms with van der Waals surface area (Å²) in [4.78, 5) is 47.1. The number of hydrogen-bond acceptors (Lipinski definition) is 5. The molecule has 28 heavy (non-hydrogen) atoms. The summed E-state index contributed by atoms with van der Waals surface area (Å²) < 4.78 is 18.0. The Balaban J connectivity index is 2.74. The number of ketones is 1. The van der Waals surface area contributed by atoms with Gasteiger partial charge >= 0.3 is 5.97 Å². The van der Waals surface area contributed by atoms with Crippen LogP contribution in [0.15, 0.2) is 23.3 Å². The lowest BCUT2D eigenvalue weighted by Crippen LogP contribution is -2.52. The number of amides is 2. The van der Waals surface area contributed by atoms with E-state index in [1.54, 1.807) is 14.0 Å². The predicted molar refractivity (Wildman–Crippen MR) is 99.3 cm³/mol. The molecule has 3 N–H and O–H groups in total. The summed E-state index contributed by atoms with van der Waals surface area (Å²) >= 11 is 0. The van der Waals surface area contributed by atoms with Crippen LogP contribution in [-0.4, -0.2) is 60.6 Å². The molecule has 8 nitrogen and oxygen atoms in total. The number of ether oxygens (including phenoxy) is 1. The average Bonchev–Trinajstić information content (AvgIpc) is 2.64. The molecule has 3 atom stereocenters. The van der Waals surface area contributed by atoms with Crippen molar-refractivity contribution >= 4 is 23.6 Å². The van der Waals surface area contributed by atoms with E-state index in [9.17, 15) is 23.6 Å². The van der Waals surface area contributed by atoms with Crippen molar-refractivity contribution in [3.63, 3.8) is 0 Å². The highest BCUT2D eigenvalue weighted by Gasteiger charge is 2.28. The Hall–Kier alpha value is -2.55. The second-order valence-electron chi connectivity index (χ2n) is 6.59. The Morgan fingerprint density at radius 1 is 1.29 bits per heavy atom. The second-order valence-corrected chi connectivity index (χ2v) is 6.59. The van der Waals surface area contributed by atoms with Crippen molar-refractivity contribution in [3.8, 4) is 0 Å². The minimum Gasteiger partial charge on any atom is -0.481 e. The molecule has 0 saturated heterocycles. The van der Waals surface area contributed by atoms with Crippen LogP contribution in [0.4, 0.5) is 4.39 Å². The van der Waals surface area contributed by atoms with E-state index in [1.165, 1.54) is 0 Å². The van der Waals surface area contributed by atoms with Crippen LogP contribution < -0.4 is 10.6 Å². The number of carboxylic acids is 1. The van der Waals surface area contributed by atoms with E-state index in [4.69, 9.17) is 9.84 Å². The zero-order chi connectivity index (χ0) is 21.3. The fourth-order valence-corrected chi connectivity index (χ4v) is 2.87. The SMILES string of the molecule is CCC(NC(=O)CC1=CC(C)=CCC1OC)C(=O)NC(CC(=O)O)C(=O)CF. The molecule has 0 heterocycles. The summed E-state index contributed by atoms with van der Waals surface area (Å²) in [6.07, 6.45) is 3.82. The van der Waals surface area contributed by atoms with Gasteiger partial charge in [0.1, 0.15) is 18.8 Å². The Morgan fingerprint density at radius 3 is 2.50 bits per heavy atom. The number of alkyl halides is 1. The number of methoxy groups -OCH3 is 1. The van der Waals surface area contributed by atoms with Gasteiger partial charge < -0.3 is 20.5 Å². The van der Waals surface area contributed by atoms with Crippen LogP contribution in [0.25, 0.3) is 0 Å². The number of rotatable bonds is 11. The van der Waals surface area contributed by atoms with Crippen molar-refractivity contribution in [2.24, 2.45) is 0 Å². The summed E-state index contributed by atoms with van der Waals surface area (Å²) in [5.74, 6) is -3.52. The third-order valence-electron chi connectivity index (χ3n) is 4.41. The molecule has 1 aliphatic carbocycles. The lowest BCUT2D eigenvalue weighted by atomic mass is 9.94. The number of carbonyl (C=O) groups is 4. The lowest BCUT2D eigenvalue weighted by Gasteiger charge is -2.23. The van der Waals surface area contributed by atoms with Crippen molar-refractivity contribution in [3.05, 3.63) is 23.3 Å². The number of nitrogens with one attached hydrogen (secondary N) is 2. The number of carbonyl (C=O) groups excluding carboxylic acids is 3. The smallest absolute Gasteiger partial charge is 0.305 e. The topological polar surface area (TPSA) is 122 Å². The van der Waals surface area contributed by atoms with Crippen molar-refractivity contribution in [2.75, 3.05) is 13.8 Å². The molecule has 0 bridgehead atoms. The molecule has 3 unspecified atom stereocenters. The van der Waals surface area contributed by atoms with Crippen LogP contribution in [0.3, 0.4) is 0 Å². The number of allylic oxidation sites excluding steroid dienone is 2. The van der Waals surface area contributed by atoms with Crippen molar-refractivity contribution in [2.45, 2.75) is 57.7 Å². The van der Waals surface area contributed by atoms with E-state index in [0.29, 0.717) is 6.42 Å². The predicted octanol–water partition coefficient (Wildman–Crippen LogP) is 1.06. The summed E-state index contributed by atoms with van der Waals surface area (Å²) in [5, 5.41) is 13.6. The maximum absolute atomic E-state index is 12.6. The van der Waals surface area contributed by atoms with Gasteiger partial charge in [0.2, 0.25) is 11.8 Å². The molecule has 1 rings (SSSR count). The number of Topliss-reactive ketones (excluding diaryl/α,β-unsaturated/α-hetero) is 1. The Labute approximate surface area is 163 Å². The van der Waals surface area contributed by atoms with Gasteiger partial charge in [-0.15, -0.1) is 0 Å². The summed E-state index contributed by atoms with van der Waals surface area (Å²) in [6, 6.07) is -2.45. The van der Waals surface area contributed by atoms with Crippen molar-refractivity contribution in [1.29, 1.82) is 0 Å². The zero-order valence-corrected chi connectivity index (χ0v) is 16.3. The van der Waals surface area contributed by atoms with E-state index in [2.05, 4.69) is 10.6 Å². The molecule has 156 valence electrons. The Kier molecular flexibility index (Phi) is 9.50. The molecule has 0 aliphatic heterocycles. The molecule has 9 heteroatoms. The van der Waals surface area contributed by atoms with Gasteiger partial charge in [-0.1, -0.05) is 24.6 Å². The molecule has 0 fully saturated rings. The van der Waals surface area contributed by atoms with Crippen LogP contribution in [-0.2, 0) is 23.9 Å². The highest BCUT2D eigenvalue weighted by Crippen LogP contribution is 2.22. The van der Waals surface area contributed by atoms with Crippen LogP contribution in [0, 0.1) is 0 Å². The first kappa shape index (κ1) is 23.5. The molecular weight excluding hydrogens is 371 g/mol. The minimum atomic E-state index is -1.48. The average molecular weight is 398 g/mol. The third-order valence-corrected chi connectivity index (χ3v) is 4.41. The first-order chi connectivity index (χ1) is 13.2. The highest BCUT2D eigenvalue weighted by molar-refractivity contribution is 5.95. The van der Waals surface area contributed by atoms with E-state index >= 15 is 0 Å². The summed E-state index contributed by atoms with van der Waals surface area (Å²) in [5.41, 5.74) is 1.80. The van der Waals surface area contributed by atoms with E-state index in [1.807, 2.05) is 19.1 Å². The first-order valence-electron chi connectivity index (χ1n) is 9.02. The van der Waals surface area contributed by atoms with Gasteiger partial charge in [0.05, 0.1) is 18.9 Å². The zero-order valence-electron chi connectivity index (χ0n) is 16.3. The Bertz CT molecular complexity index is 673. The van der Waals surface area contributed by atoms with Crippen LogP contribution in [0.2, 0.25) is 0 Å². The number of carboxylic acid groups (broad SMARTS) is 1. The summed E-state index contributed by atoms with van der Waals surface area (Å²) in [7, 11) is 1.55. The van der Waals surface area contributed by atoms with Gasteiger partial charge in [-0.05, 0) is 25.3 Å². The van der Waals surface area contributed by atoms with E-state index in [-0.39, 0.29) is 18.9 Å². The monoisotopic (exact) mass is 398 g/mol. The molecule has 0 aromatic heterocycles. The van der Waals surface area contributed by atoms with Crippen molar-refractivity contribution < 1.29 is 33.4 Å². The van der Waals surface area contributed by atoms with Gasteiger partial charge in [-0.3, -0.25) is 19.2 Å².